The lowest BCUT2D eigenvalue weighted by atomic mass is 9.76. The van der Waals surface area contributed by atoms with E-state index in [4.69, 9.17) is 0 Å². The third-order valence-corrected chi connectivity index (χ3v) is 5.59. The average Bonchev–Trinajstić information content (AvgIpc) is 3.02. The Morgan fingerprint density at radius 2 is 1.88 bits per heavy atom. The third kappa shape index (κ3) is 3.15. The highest BCUT2D eigenvalue weighted by Gasteiger charge is 2.49. The fraction of sp³-hybridized carbons (Fsp3) is 0.474. The summed E-state index contributed by atoms with van der Waals surface area (Å²) in [5, 5.41) is 18.6. The van der Waals surface area contributed by atoms with Gasteiger partial charge in [0, 0.05) is 26.6 Å². The molecule has 0 bridgehead atoms. The van der Waals surface area contributed by atoms with Crippen molar-refractivity contribution in [2.24, 2.45) is 5.41 Å². The van der Waals surface area contributed by atoms with Crippen molar-refractivity contribution in [3.63, 3.8) is 0 Å². The number of carboxylic acids is 1. The normalized spacial score (nSPS) is 21.5. The topological polar surface area (TPSA) is 102 Å². The Hall–Kier alpha value is -2.88. The molecule has 0 unspecified atom stereocenters. The van der Waals surface area contributed by atoms with Gasteiger partial charge in [0.05, 0.1) is 17.2 Å². The van der Waals surface area contributed by atoms with Gasteiger partial charge in [-0.05, 0) is 36.8 Å². The first-order chi connectivity index (χ1) is 12.4. The van der Waals surface area contributed by atoms with Gasteiger partial charge in [-0.2, -0.15) is 5.26 Å². The van der Waals surface area contributed by atoms with Crippen LogP contribution < -0.4 is 0 Å². The number of aliphatic carboxylic acids is 1. The van der Waals surface area contributed by atoms with Crippen LogP contribution in [0.15, 0.2) is 24.3 Å². The van der Waals surface area contributed by atoms with Crippen LogP contribution in [0.4, 0.5) is 0 Å². The van der Waals surface area contributed by atoms with E-state index >= 15 is 0 Å². The van der Waals surface area contributed by atoms with Gasteiger partial charge in [0.15, 0.2) is 0 Å². The van der Waals surface area contributed by atoms with E-state index < -0.39 is 12.0 Å². The van der Waals surface area contributed by atoms with Crippen LogP contribution in [0.3, 0.4) is 0 Å². The van der Waals surface area contributed by atoms with Crippen molar-refractivity contribution in [3.8, 4) is 6.07 Å². The van der Waals surface area contributed by atoms with Gasteiger partial charge >= 0.3 is 5.97 Å². The summed E-state index contributed by atoms with van der Waals surface area (Å²) in [6.07, 6.45) is 1.74. The van der Waals surface area contributed by atoms with E-state index in [1.807, 2.05) is 6.07 Å². The van der Waals surface area contributed by atoms with E-state index in [1.54, 1.807) is 29.2 Å². The minimum absolute atomic E-state index is 0.173. The van der Waals surface area contributed by atoms with E-state index in [1.165, 1.54) is 11.8 Å². The lowest BCUT2D eigenvalue weighted by Gasteiger charge is -2.39. The fourth-order valence-corrected chi connectivity index (χ4v) is 4.09. The molecule has 7 heteroatoms. The number of piperidine rings is 1. The highest BCUT2D eigenvalue weighted by Crippen LogP contribution is 2.43. The number of carboxylic acid groups (broad SMARTS) is 1. The Morgan fingerprint density at radius 1 is 1.23 bits per heavy atom. The molecule has 2 aliphatic heterocycles. The molecule has 2 saturated heterocycles. The molecule has 2 heterocycles. The van der Waals surface area contributed by atoms with Crippen LogP contribution in [0.5, 0.6) is 0 Å². The van der Waals surface area contributed by atoms with Crippen LogP contribution in [-0.4, -0.2) is 58.4 Å². The molecule has 2 aliphatic rings. The number of rotatable bonds is 2. The number of carbonyl (C=O) groups excluding carboxylic acids is 2. The van der Waals surface area contributed by atoms with E-state index in [0.717, 1.165) is 0 Å². The van der Waals surface area contributed by atoms with Crippen LogP contribution in [0.25, 0.3) is 0 Å². The first-order valence-electron chi connectivity index (χ1n) is 8.65. The summed E-state index contributed by atoms with van der Waals surface area (Å²) in [5.74, 6) is -1.37. The highest BCUT2D eigenvalue weighted by atomic mass is 16.4. The number of nitriles is 1. The van der Waals surface area contributed by atoms with Crippen molar-refractivity contribution in [3.05, 3.63) is 35.4 Å². The molecule has 2 amide bonds. The molecule has 0 aliphatic carbocycles. The third-order valence-electron chi connectivity index (χ3n) is 5.59. The van der Waals surface area contributed by atoms with E-state index in [2.05, 4.69) is 0 Å². The lowest BCUT2D eigenvalue weighted by molar-refractivity contribution is -0.147. The maximum Gasteiger partial charge on any atom is 0.326 e. The zero-order chi connectivity index (χ0) is 18.9. The summed E-state index contributed by atoms with van der Waals surface area (Å²) in [7, 11) is 0. The molecule has 0 radical (unpaired) electrons. The van der Waals surface area contributed by atoms with Crippen molar-refractivity contribution in [1.29, 1.82) is 5.26 Å². The maximum atomic E-state index is 12.7. The van der Waals surface area contributed by atoms with Crippen LogP contribution >= 0.6 is 0 Å². The Labute approximate surface area is 151 Å². The highest BCUT2D eigenvalue weighted by molar-refractivity contribution is 5.96. The number of carbonyl (C=O) groups is 3. The number of hydrogen-bond acceptors (Lipinski definition) is 4. The molecule has 1 spiro atoms. The molecule has 1 atom stereocenters. The second kappa shape index (κ2) is 6.79. The van der Waals surface area contributed by atoms with Crippen molar-refractivity contribution < 1.29 is 19.5 Å². The predicted octanol–water partition coefficient (Wildman–Crippen LogP) is 1.49. The van der Waals surface area contributed by atoms with Crippen LogP contribution in [0.1, 0.15) is 42.1 Å². The monoisotopic (exact) mass is 355 g/mol. The van der Waals surface area contributed by atoms with E-state index in [0.29, 0.717) is 50.0 Å². The van der Waals surface area contributed by atoms with Gasteiger partial charge in [0.2, 0.25) is 5.91 Å². The first-order valence-corrected chi connectivity index (χ1v) is 8.65. The van der Waals surface area contributed by atoms with E-state index in [-0.39, 0.29) is 17.2 Å². The number of hydrogen-bond donors (Lipinski definition) is 1. The Balaban J connectivity index is 1.71. The minimum Gasteiger partial charge on any atom is -0.480 e. The Bertz CT molecular complexity index is 766. The Kier molecular flexibility index (Phi) is 4.68. The second-order valence-corrected chi connectivity index (χ2v) is 7.15. The molecular weight excluding hydrogens is 334 g/mol. The molecule has 2 fully saturated rings. The van der Waals surface area contributed by atoms with Gasteiger partial charge in [-0.25, -0.2) is 4.79 Å². The minimum atomic E-state index is -0.974. The zero-order valence-corrected chi connectivity index (χ0v) is 14.6. The zero-order valence-electron chi connectivity index (χ0n) is 14.6. The molecule has 1 aromatic carbocycles. The molecule has 26 heavy (non-hydrogen) atoms. The fourth-order valence-electron chi connectivity index (χ4n) is 4.09. The second-order valence-electron chi connectivity index (χ2n) is 7.15. The summed E-state index contributed by atoms with van der Waals surface area (Å²) >= 11 is 0. The Morgan fingerprint density at radius 3 is 2.42 bits per heavy atom. The molecule has 3 rings (SSSR count). The summed E-state index contributed by atoms with van der Waals surface area (Å²) in [6.45, 7) is 2.82. The summed E-state index contributed by atoms with van der Waals surface area (Å²) < 4.78 is 0. The van der Waals surface area contributed by atoms with Crippen molar-refractivity contribution in [1.82, 2.24) is 9.80 Å². The van der Waals surface area contributed by atoms with Gasteiger partial charge in [-0.15, -0.1) is 0 Å². The van der Waals surface area contributed by atoms with Gasteiger partial charge in [-0.3, -0.25) is 9.59 Å². The SMILES string of the molecule is CC(=O)N1CC2(CCN(C(=O)c3ccccc3C#N)CC2)C[C@@H]1C(=O)O. The predicted molar refractivity (Wildman–Crippen MR) is 92.2 cm³/mol. The van der Waals surface area contributed by atoms with Gasteiger partial charge in [0.25, 0.3) is 5.91 Å². The summed E-state index contributed by atoms with van der Waals surface area (Å²) in [5.41, 5.74) is 0.499. The number of nitrogens with zero attached hydrogens (tertiary/aromatic N) is 3. The largest absolute Gasteiger partial charge is 0.480 e. The maximum absolute atomic E-state index is 12.7. The van der Waals surface area contributed by atoms with Crippen LogP contribution in [-0.2, 0) is 9.59 Å². The number of benzene rings is 1. The standard InChI is InChI=1S/C19H21N3O4/c1-13(23)22-12-19(10-16(22)18(25)26)6-8-21(9-7-19)17(24)15-5-3-2-4-14(15)11-20/h2-5,16H,6-10,12H2,1H3,(H,25,26)/t16-/m1/s1. The molecule has 0 saturated carbocycles. The average molecular weight is 355 g/mol. The summed E-state index contributed by atoms with van der Waals surface area (Å²) in [6, 6.07) is 7.99. The van der Waals surface area contributed by atoms with Gasteiger partial charge in [0.1, 0.15) is 6.04 Å². The number of amides is 2. The smallest absolute Gasteiger partial charge is 0.326 e. The van der Waals surface area contributed by atoms with Crippen molar-refractivity contribution >= 4 is 17.8 Å². The first kappa shape index (κ1) is 17.9. The summed E-state index contributed by atoms with van der Waals surface area (Å²) in [4.78, 5) is 39.2. The lowest BCUT2D eigenvalue weighted by Crippen LogP contribution is -2.44. The quantitative estimate of drug-likeness (QED) is 0.866. The molecule has 136 valence electrons. The van der Waals surface area contributed by atoms with E-state index in [9.17, 15) is 24.8 Å². The molecule has 1 aromatic rings. The van der Waals surface area contributed by atoms with Crippen molar-refractivity contribution in [2.45, 2.75) is 32.2 Å². The van der Waals surface area contributed by atoms with Crippen molar-refractivity contribution in [2.75, 3.05) is 19.6 Å². The molecule has 0 aromatic heterocycles. The van der Waals surface area contributed by atoms with Crippen LogP contribution in [0, 0.1) is 16.7 Å². The van der Waals surface area contributed by atoms with Gasteiger partial charge < -0.3 is 14.9 Å². The molecular formula is C19H21N3O4. The number of likely N-dealkylation sites (tertiary alicyclic amines) is 2. The molecule has 1 N–H and O–H groups in total. The van der Waals surface area contributed by atoms with Gasteiger partial charge in [-0.1, -0.05) is 12.1 Å². The molecule has 7 nitrogen and oxygen atoms in total. The van der Waals surface area contributed by atoms with Crippen LogP contribution in [0.2, 0.25) is 0 Å².